The second-order valence-electron chi connectivity index (χ2n) is 2.78. The van der Waals surface area contributed by atoms with E-state index in [4.69, 9.17) is 9.88 Å². The van der Waals surface area contributed by atoms with Crippen LogP contribution >= 0.6 is 0 Å². The standard InChI is InChI=1S/C6H9N3O3S/c7-13(10,11)5-4-8-9-2-1-3-12-6(5)9/h4H,1-3H2,(H2,7,10,11). The third-order valence-corrected chi connectivity index (χ3v) is 2.71. The van der Waals surface area contributed by atoms with E-state index in [1.807, 2.05) is 0 Å². The summed E-state index contributed by atoms with van der Waals surface area (Å²) >= 11 is 0. The van der Waals surface area contributed by atoms with E-state index in [0.717, 1.165) is 6.42 Å². The maximum absolute atomic E-state index is 11.0. The van der Waals surface area contributed by atoms with Gasteiger partial charge in [-0.3, -0.25) is 0 Å². The number of ether oxygens (including phenoxy) is 1. The van der Waals surface area contributed by atoms with Gasteiger partial charge in [-0.2, -0.15) is 5.10 Å². The number of hydrogen-bond acceptors (Lipinski definition) is 4. The molecule has 7 heteroatoms. The summed E-state index contributed by atoms with van der Waals surface area (Å²) in [5.41, 5.74) is 0. The molecule has 0 saturated heterocycles. The number of primary sulfonamides is 1. The van der Waals surface area contributed by atoms with Crippen LogP contribution in [0.3, 0.4) is 0 Å². The molecule has 6 nitrogen and oxygen atoms in total. The van der Waals surface area contributed by atoms with E-state index in [0.29, 0.717) is 13.2 Å². The van der Waals surface area contributed by atoms with E-state index in [-0.39, 0.29) is 10.8 Å². The molecule has 0 spiro atoms. The molecule has 2 rings (SSSR count). The van der Waals surface area contributed by atoms with E-state index >= 15 is 0 Å². The molecule has 1 aromatic heterocycles. The monoisotopic (exact) mass is 203 g/mol. The molecular formula is C6H9N3O3S. The Morgan fingerprint density at radius 2 is 2.38 bits per heavy atom. The zero-order valence-electron chi connectivity index (χ0n) is 6.80. The summed E-state index contributed by atoms with van der Waals surface area (Å²) < 4.78 is 28.7. The van der Waals surface area contributed by atoms with Crippen LogP contribution in [0.25, 0.3) is 0 Å². The van der Waals surface area contributed by atoms with Crippen molar-refractivity contribution in [1.82, 2.24) is 9.78 Å². The minimum absolute atomic E-state index is 0.0350. The third-order valence-electron chi connectivity index (χ3n) is 1.82. The van der Waals surface area contributed by atoms with Crippen molar-refractivity contribution >= 4 is 10.0 Å². The highest BCUT2D eigenvalue weighted by Gasteiger charge is 2.23. The smallest absolute Gasteiger partial charge is 0.245 e. The van der Waals surface area contributed by atoms with Gasteiger partial charge in [0.05, 0.1) is 12.8 Å². The number of rotatable bonds is 1. The van der Waals surface area contributed by atoms with Gasteiger partial charge in [-0.25, -0.2) is 18.2 Å². The Balaban J connectivity index is 2.55. The second kappa shape index (κ2) is 2.71. The fraction of sp³-hybridized carbons (Fsp3) is 0.500. The van der Waals surface area contributed by atoms with Gasteiger partial charge >= 0.3 is 0 Å². The molecule has 0 atom stereocenters. The molecule has 0 saturated carbocycles. The Labute approximate surface area is 75.3 Å². The molecule has 0 amide bonds. The summed E-state index contributed by atoms with van der Waals surface area (Å²) in [4.78, 5) is -0.0350. The molecule has 1 aromatic rings. The van der Waals surface area contributed by atoms with Gasteiger partial charge in [-0.15, -0.1) is 0 Å². The fourth-order valence-corrected chi connectivity index (χ4v) is 1.84. The van der Waals surface area contributed by atoms with Crippen molar-refractivity contribution in [3.63, 3.8) is 0 Å². The van der Waals surface area contributed by atoms with Crippen LogP contribution in [0.1, 0.15) is 6.42 Å². The van der Waals surface area contributed by atoms with Crippen LogP contribution in [0.15, 0.2) is 11.1 Å². The molecule has 1 aliphatic rings. The molecule has 1 aliphatic heterocycles. The average molecular weight is 203 g/mol. The largest absolute Gasteiger partial charge is 0.477 e. The van der Waals surface area contributed by atoms with Crippen molar-refractivity contribution in [2.45, 2.75) is 17.9 Å². The number of nitrogens with zero attached hydrogens (tertiary/aromatic N) is 2. The number of sulfonamides is 1. The lowest BCUT2D eigenvalue weighted by atomic mass is 10.4. The highest BCUT2D eigenvalue weighted by Crippen LogP contribution is 2.24. The van der Waals surface area contributed by atoms with Crippen LogP contribution in [0.2, 0.25) is 0 Å². The van der Waals surface area contributed by atoms with Gasteiger partial charge in [0.15, 0.2) is 4.90 Å². The molecule has 0 bridgehead atoms. The van der Waals surface area contributed by atoms with Crippen LogP contribution < -0.4 is 9.88 Å². The Morgan fingerprint density at radius 1 is 1.62 bits per heavy atom. The quantitative estimate of drug-likeness (QED) is 0.654. The van der Waals surface area contributed by atoms with Crippen LogP contribution in [-0.2, 0) is 16.6 Å². The summed E-state index contributed by atoms with van der Waals surface area (Å²) in [6, 6.07) is 0. The molecule has 2 heterocycles. The van der Waals surface area contributed by atoms with Crippen LogP contribution in [0.4, 0.5) is 0 Å². The molecule has 0 unspecified atom stereocenters. The Kier molecular flexibility index (Phi) is 1.77. The van der Waals surface area contributed by atoms with Crippen molar-refractivity contribution < 1.29 is 13.2 Å². The van der Waals surface area contributed by atoms with E-state index in [1.54, 1.807) is 0 Å². The van der Waals surface area contributed by atoms with Gasteiger partial charge in [0.25, 0.3) is 0 Å². The molecule has 0 aliphatic carbocycles. The van der Waals surface area contributed by atoms with Crippen molar-refractivity contribution in [2.24, 2.45) is 5.14 Å². The lowest BCUT2D eigenvalue weighted by Crippen LogP contribution is -2.18. The molecule has 72 valence electrons. The van der Waals surface area contributed by atoms with E-state index < -0.39 is 10.0 Å². The maximum atomic E-state index is 11.0. The minimum atomic E-state index is -3.71. The van der Waals surface area contributed by atoms with Crippen LogP contribution in [-0.4, -0.2) is 24.8 Å². The zero-order chi connectivity index (χ0) is 9.47. The molecule has 0 aromatic carbocycles. The van der Waals surface area contributed by atoms with Gasteiger partial charge in [0.1, 0.15) is 0 Å². The highest BCUT2D eigenvalue weighted by atomic mass is 32.2. The summed E-state index contributed by atoms with van der Waals surface area (Å²) in [7, 11) is -3.71. The van der Waals surface area contributed by atoms with Crippen molar-refractivity contribution in [1.29, 1.82) is 0 Å². The minimum Gasteiger partial charge on any atom is -0.477 e. The second-order valence-corrected chi connectivity index (χ2v) is 4.31. The number of hydrogen-bond donors (Lipinski definition) is 1. The zero-order valence-corrected chi connectivity index (χ0v) is 7.62. The van der Waals surface area contributed by atoms with Crippen molar-refractivity contribution in [2.75, 3.05) is 6.61 Å². The number of nitrogens with two attached hydrogens (primary N) is 1. The molecule has 2 N–H and O–H groups in total. The van der Waals surface area contributed by atoms with Crippen LogP contribution in [0, 0.1) is 0 Å². The van der Waals surface area contributed by atoms with Gasteiger partial charge in [0.2, 0.25) is 15.9 Å². The lowest BCUT2D eigenvalue weighted by molar-refractivity contribution is 0.224. The molecule has 13 heavy (non-hydrogen) atoms. The van der Waals surface area contributed by atoms with Gasteiger partial charge in [-0.05, 0) is 0 Å². The van der Waals surface area contributed by atoms with Crippen molar-refractivity contribution in [3.8, 4) is 5.88 Å². The summed E-state index contributed by atoms with van der Waals surface area (Å²) in [5, 5.41) is 8.82. The van der Waals surface area contributed by atoms with Crippen molar-refractivity contribution in [3.05, 3.63) is 6.20 Å². The highest BCUT2D eigenvalue weighted by molar-refractivity contribution is 7.89. The summed E-state index contributed by atoms with van der Waals surface area (Å²) in [5.74, 6) is 0.258. The van der Waals surface area contributed by atoms with Crippen LogP contribution in [0.5, 0.6) is 5.88 Å². The fourth-order valence-electron chi connectivity index (χ4n) is 1.24. The predicted octanol–water partition coefficient (Wildman–Crippen LogP) is -0.687. The molecular weight excluding hydrogens is 194 g/mol. The van der Waals surface area contributed by atoms with E-state index in [2.05, 4.69) is 5.10 Å². The Bertz CT molecular complexity index is 422. The van der Waals surface area contributed by atoms with Gasteiger partial charge < -0.3 is 4.74 Å². The maximum Gasteiger partial charge on any atom is 0.245 e. The first-order valence-corrected chi connectivity index (χ1v) is 5.35. The first kappa shape index (κ1) is 8.52. The SMILES string of the molecule is NS(=O)(=O)c1cnn2c1OCCC2. The average Bonchev–Trinajstić information content (AvgIpc) is 2.45. The van der Waals surface area contributed by atoms with E-state index in [9.17, 15) is 8.42 Å². The lowest BCUT2D eigenvalue weighted by Gasteiger charge is -2.15. The molecule has 0 fully saturated rings. The first-order valence-electron chi connectivity index (χ1n) is 3.80. The Morgan fingerprint density at radius 3 is 3.08 bits per heavy atom. The Hall–Kier alpha value is -1.08. The van der Waals surface area contributed by atoms with Gasteiger partial charge in [-0.1, -0.05) is 0 Å². The number of aryl methyl sites for hydroxylation is 1. The third kappa shape index (κ3) is 1.40. The number of fused-ring (bicyclic) bond motifs is 1. The number of aromatic nitrogens is 2. The topological polar surface area (TPSA) is 87.2 Å². The molecule has 0 radical (unpaired) electrons. The van der Waals surface area contributed by atoms with E-state index in [1.165, 1.54) is 10.9 Å². The summed E-state index contributed by atoms with van der Waals surface area (Å²) in [6.07, 6.45) is 2.05. The summed E-state index contributed by atoms with van der Waals surface area (Å²) in [6.45, 7) is 1.18. The normalized spacial score (nSPS) is 16.4. The first-order chi connectivity index (χ1) is 6.09. The van der Waals surface area contributed by atoms with Gasteiger partial charge in [0, 0.05) is 13.0 Å². The predicted molar refractivity (Wildman–Crippen MR) is 43.7 cm³/mol.